The predicted octanol–water partition coefficient (Wildman–Crippen LogP) is -1.41. The van der Waals surface area contributed by atoms with E-state index in [9.17, 15) is 18.0 Å². The number of amides is 3. The van der Waals surface area contributed by atoms with Gasteiger partial charge in [-0.25, -0.2) is 13.2 Å². The van der Waals surface area contributed by atoms with Crippen molar-refractivity contribution in [2.45, 2.75) is 18.6 Å². The minimum atomic E-state index is -3.21. The van der Waals surface area contributed by atoms with Gasteiger partial charge < -0.3 is 11.1 Å². The van der Waals surface area contributed by atoms with Crippen molar-refractivity contribution in [2.24, 2.45) is 5.73 Å². The maximum absolute atomic E-state index is 11.3. The first-order valence-electron chi connectivity index (χ1n) is 4.56. The fraction of sp³-hybridized carbons (Fsp3) is 0.750. The highest BCUT2D eigenvalue weighted by atomic mass is 32.2. The summed E-state index contributed by atoms with van der Waals surface area (Å²) in [6.07, 6.45) is 1.12. The molecule has 0 rings (SSSR count). The zero-order valence-corrected chi connectivity index (χ0v) is 10.3. The number of imide groups is 1. The Hall–Kier alpha value is -1.15. The average molecular weight is 251 g/mol. The molecule has 0 aliphatic rings. The Morgan fingerprint density at radius 3 is 2.19 bits per heavy atom. The minimum Gasteiger partial charge on any atom is -0.351 e. The van der Waals surface area contributed by atoms with Crippen LogP contribution in [0, 0.1) is 0 Å². The van der Waals surface area contributed by atoms with Gasteiger partial charge in [-0.2, -0.15) is 0 Å². The summed E-state index contributed by atoms with van der Waals surface area (Å²) in [6, 6.07) is -0.936. The van der Waals surface area contributed by atoms with Gasteiger partial charge in [-0.05, 0) is 13.8 Å². The molecule has 0 saturated heterocycles. The molecule has 0 saturated carbocycles. The smallest absolute Gasteiger partial charge is 0.318 e. The van der Waals surface area contributed by atoms with Crippen LogP contribution in [0.4, 0.5) is 4.79 Å². The number of sulfone groups is 1. The van der Waals surface area contributed by atoms with Crippen molar-refractivity contribution in [3.05, 3.63) is 0 Å². The number of hydrogen-bond acceptors (Lipinski definition) is 5. The molecule has 7 nitrogen and oxygen atoms in total. The molecule has 0 heterocycles. The summed E-state index contributed by atoms with van der Waals surface area (Å²) in [6.45, 7) is 3.03. The van der Waals surface area contributed by atoms with Crippen molar-refractivity contribution < 1.29 is 18.0 Å². The SMILES string of the molecule is CC(C)(CNCC(=O)NC(N)=O)S(C)(=O)=O. The Labute approximate surface area is 94.7 Å². The first kappa shape index (κ1) is 14.8. The van der Waals surface area contributed by atoms with E-state index in [1.165, 1.54) is 0 Å². The fourth-order valence-electron chi connectivity index (χ4n) is 0.790. The molecule has 0 aromatic carbocycles. The Morgan fingerprint density at radius 2 is 1.81 bits per heavy atom. The lowest BCUT2D eigenvalue weighted by molar-refractivity contribution is -0.119. The molecule has 0 aromatic rings. The molecule has 0 aromatic heterocycles. The van der Waals surface area contributed by atoms with E-state index in [0.29, 0.717) is 0 Å². The normalized spacial score (nSPS) is 12.2. The van der Waals surface area contributed by atoms with Gasteiger partial charge in [0, 0.05) is 12.8 Å². The molecule has 94 valence electrons. The van der Waals surface area contributed by atoms with E-state index in [0.717, 1.165) is 6.26 Å². The highest BCUT2D eigenvalue weighted by molar-refractivity contribution is 7.92. The predicted molar refractivity (Wildman–Crippen MR) is 59.5 cm³/mol. The van der Waals surface area contributed by atoms with Crippen LogP contribution in [-0.2, 0) is 14.6 Å². The largest absolute Gasteiger partial charge is 0.351 e. The molecule has 0 aliphatic heterocycles. The molecule has 3 amide bonds. The Morgan fingerprint density at radius 1 is 1.31 bits per heavy atom. The van der Waals surface area contributed by atoms with Gasteiger partial charge in [0.25, 0.3) is 0 Å². The van der Waals surface area contributed by atoms with Crippen molar-refractivity contribution in [3.8, 4) is 0 Å². The number of carbonyl (C=O) groups excluding carboxylic acids is 2. The highest BCUT2D eigenvalue weighted by Gasteiger charge is 2.29. The van der Waals surface area contributed by atoms with Crippen LogP contribution in [-0.4, -0.2) is 44.4 Å². The molecule has 0 unspecified atom stereocenters. The van der Waals surface area contributed by atoms with E-state index < -0.39 is 26.5 Å². The van der Waals surface area contributed by atoms with E-state index in [-0.39, 0.29) is 13.1 Å². The summed E-state index contributed by atoms with van der Waals surface area (Å²) in [5, 5.41) is 4.49. The quantitative estimate of drug-likeness (QED) is 0.555. The van der Waals surface area contributed by atoms with Crippen LogP contribution in [0.15, 0.2) is 0 Å². The second-order valence-corrected chi connectivity index (χ2v) is 6.70. The summed E-state index contributed by atoms with van der Waals surface area (Å²) < 4.78 is 21.6. The van der Waals surface area contributed by atoms with Crippen LogP contribution in [0.1, 0.15) is 13.8 Å². The zero-order chi connectivity index (χ0) is 13.0. The summed E-state index contributed by atoms with van der Waals surface area (Å²) in [5.41, 5.74) is 4.73. The summed E-state index contributed by atoms with van der Waals surface area (Å²) in [7, 11) is -3.21. The number of hydrogen-bond donors (Lipinski definition) is 3. The number of primary amides is 1. The van der Waals surface area contributed by atoms with Gasteiger partial charge in [-0.15, -0.1) is 0 Å². The third-order valence-electron chi connectivity index (χ3n) is 2.10. The standard InChI is InChI=1S/C8H17N3O4S/c1-8(2,16(3,14)15)5-10-4-6(12)11-7(9)13/h10H,4-5H2,1-3H3,(H3,9,11,12,13). The van der Waals surface area contributed by atoms with E-state index in [2.05, 4.69) is 5.32 Å². The Bertz CT molecular complexity index is 375. The molecule has 0 atom stereocenters. The summed E-state index contributed by atoms with van der Waals surface area (Å²) in [5.74, 6) is -0.600. The van der Waals surface area contributed by atoms with Crippen molar-refractivity contribution in [1.82, 2.24) is 10.6 Å². The number of urea groups is 1. The summed E-state index contributed by atoms with van der Waals surface area (Å²) >= 11 is 0. The molecule has 0 spiro atoms. The Kier molecular flexibility index (Phi) is 4.88. The van der Waals surface area contributed by atoms with Gasteiger partial charge in [0.1, 0.15) is 0 Å². The van der Waals surface area contributed by atoms with E-state index in [1.807, 2.05) is 5.32 Å². The van der Waals surface area contributed by atoms with Crippen molar-refractivity contribution >= 4 is 21.8 Å². The average Bonchev–Trinajstić information content (AvgIpc) is 1.99. The van der Waals surface area contributed by atoms with E-state index in [1.54, 1.807) is 13.8 Å². The van der Waals surface area contributed by atoms with Gasteiger partial charge in [0.05, 0.1) is 11.3 Å². The van der Waals surface area contributed by atoms with Crippen LogP contribution >= 0.6 is 0 Å². The van der Waals surface area contributed by atoms with E-state index in [4.69, 9.17) is 5.73 Å². The molecule has 8 heteroatoms. The monoisotopic (exact) mass is 251 g/mol. The topological polar surface area (TPSA) is 118 Å². The fourth-order valence-corrected chi connectivity index (χ4v) is 1.15. The van der Waals surface area contributed by atoms with Crippen LogP contribution in [0.5, 0.6) is 0 Å². The van der Waals surface area contributed by atoms with Gasteiger partial charge >= 0.3 is 6.03 Å². The van der Waals surface area contributed by atoms with Gasteiger partial charge in [-0.1, -0.05) is 0 Å². The maximum atomic E-state index is 11.3. The highest BCUT2D eigenvalue weighted by Crippen LogP contribution is 2.12. The second kappa shape index (κ2) is 5.26. The Balaban J connectivity index is 4.09. The third kappa shape index (κ3) is 5.08. The molecule has 0 bridgehead atoms. The van der Waals surface area contributed by atoms with Crippen molar-refractivity contribution in [1.29, 1.82) is 0 Å². The van der Waals surface area contributed by atoms with Crippen LogP contribution < -0.4 is 16.4 Å². The molecule has 0 fully saturated rings. The van der Waals surface area contributed by atoms with Crippen LogP contribution in [0.2, 0.25) is 0 Å². The van der Waals surface area contributed by atoms with Crippen LogP contribution in [0.3, 0.4) is 0 Å². The van der Waals surface area contributed by atoms with Crippen molar-refractivity contribution in [3.63, 3.8) is 0 Å². The first-order valence-corrected chi connectivity index (χ1v) is 6.45. The molecule has 4 N–H and O–H groups in total. The molecule has 16 heavy (non-hydrogen) atoms. The zero-order valence-electron chi connectivity index (χ0n) is 9.53. The van der Waals surface area contributed by atoms with E-state index >= 15 is 0 Å². The second-order valence-electron chi connectivity index (χ2n) is 4.05. The van der Waals surface area contributed by atoms with Gasteiger partial charge in [0.2, 0.25) is 5.91 Å². The minimum absolute atomic E-state index is 0.109. The van der Waals surface area contributed by atoms with Gasteiger partial charge in [0.15, 0.2) is 9.84 Å². The summed E-state index contributed by atoms with van der Waals surface area (Å²) in [4.78, 5) is 21.3. The number of nitrogens with two attached hydrogens (primary N) is 1. The lowest BCUT2D eigenvalue weighted by Gasteiger charge is -2.22. The lowest BCUT2D eigenvalue weighted by atomic mass is 10.2. The molecule has 0 aliphatic carbocycles. The number of rotatable bonds is 5. The third-order valence-corrected chi connectivity index (χ3v) is 4.25. The number of carbonyl (C=O) groups is 2. The van der Waals surface area contributed by atoms with Gasteiger partial charge in [-0.3, -0.25) is 10.1 Å². The van der Waals surface area contributed by atoms with Crippen molar-refractivity contribution in [2.75, 3.05) is 19.3 Å². The maximum Gasteiger partial charge on any atom is 0.318 e. The molecule has 0 radical (unpaired) electrons. The lowest BCUT2D eigenvalue weighted by Crippen LogP contribution is -2.46. The van der Waals surface area contributed by atoms with Crippen LogP contribution in [0.25, 0.3) is 0 Å². The molecular weight excluding hydrogens is 234 g/mol. The number of nitrogens with one attached hydrogen (secondary N) is 2. The first-order chi connectivity index (χ1) is 7.06. The molecular formula is C8H17N3O4S.